The number of piperidine rings is 1. The lowest BCUT2D eigenvalue weighted by Gasteiger charge is -2.46. The maximum Gasteiger partial charge on any atom is 0.267 e. The van der Waals surface area contributed by atoms with E-state index < -0.39 is 27.3 Å². The van der Waals surface area contributed by atoms with Crippen molar-refractivity contribution in [3.63, 3.8) is 0 Å². The number of rotatable bonds is 5. The van der Waals surface area contributed by atoms with Crippen LogP contribution < -0.4 is 9.62 Å². The molecule has 3 aromatic rings. The van der Waals surface area contributed by atoms with Crippen LogP contribution in [-0.2, 0) is 20.2 Å². The number of nitrogens with zero attached hydrogens (tertiary/aromatic N) is 3. The number of fused-ring (bicyclic) bond motifs is 2. The number of nitrogens with one attached hydrogen (secondary N) is 1. The molecular formula is C27H29FN4O4S2. The maximum atomic E-state index is 14.1. The zero-order valence-electron chi connectivity index (χ0n) is 21.3. The third kappa shape index (κ3) is 4.37. The number of amides is 2. The van der Waals surface area contributed by atoms with Crippen LogP contribution in [0.15, 0.2) is 59.6 Å². The summed E-state index contributed by atoms with van der Waals surface area (Å²) < 4.78 is 47.3. The molecule has 5 rings (SSSR count). The van der Waals surface area contributed by atoms with Crippen molar-refractivity contribution in [2.45, 2.75) is 50.0 Å². The van der Waals surface area contributed by atoms with Crippen LogP contribution in [0.1, 0.15) is 48.8 Å². The van der Waals surface area contributed by atoms with Crippen LogP contribution in [0.3, 0.4) is 0 Å². The van der Waals surface area contributed by atoms with E-state index in [4.69, 9.17) is 0 Å². The molecule has 1 spiro atoms. The third-order valence-corrected chi connectivity index (χ3v) is 10.2. The van der Waals surface area contributed by atoms with Crippen molar-refractivity contribution in [2.24, 2.45) is 5.92 Å². The minimum atomic E-state index is -4.05. The molecule has 0 radical (unpaired) electrons. The Hall–Kier alpha value is -3.31. The largest absolute Gasteiger partial charge is 0.343 e. The van der Waals surface area contributed by atoms with Crippen molar-refractivity contribution < 1.29 is 22.4 Å². The number of anilines is 2. The van der Waals surface area contributed by atoms with Crippen LogP contribution in [0.2, 0.25) is 0 Å². The maximum absolute atomic E-state index is 14.1. The quantitative estimate of drug-likeness (QED) is 0.493. The van der Waals surface area contributed by atoms with Gasteiger partial charge in [-0.05, 0) is 84.4 Å². The lowest BCUT2D eigenvalue weighted by Crippen LogP contribution is -2.55. The van der Waals surface area contributed by atoms with Gasteiger partial charge < -0.3 is 10.2 Å². The van der Waals surface area contributed by atoms with Gasteiger partial charge in [-0.25, -0.2) is 17.2 Å². The summed E-state index contributed by atoms with van der Waals surface area (Å²) in [6.45, 7) is 6.53. The molecule has 1 fully saturated rings. The van der Waals surface area contributed by atoms with Gasteiger partial charge >= 0.3 is 0 Å². The fraction of sp³-hybridized carbons (Fsp3) is 0.370. The molecule has 0 aliphatic carbocycles. The smallest absolute Gasteiger partial charge is 0.267 e. The molecule has 3 heterocycles. The summed E-state index contributed by atoms with van der Waals surface area (Å²) in [5.41, 5.74) is 1.35. The Balaban J connectivity index is 1.64. The van der Waals surface area contributed by atoms with E-state index in [0.717, 1.165) is 29.2 Å². The second-order valence-corrected chi connectivity index (χ2v) is 12.8. The molecule has 0 bridgehead atoms. The first-order valence-electron chi connectivity index (χ1n) is 12.5. The minimum absolute atomic E-state index is 0.0105. The van der Waals surface area contributed by atoms with Gasteiger partial charge in [-0.1, -0.05) is 13.8 Å². The van der Waals surface area contributed by atoms with Crippen LogP contribution in [0.25, 0.3) is 0 Å². The monoisotopic (exact) mass is 556 g/mol. The number of likely N-dealkylation sites (tertiary alicyclic amines) is 1. The van der Waals surface area contributed by atoms with Crippen molar-refractivity contribution in [3.05, 3.63) is 71.0 Å². The van der Waals surface area contributed by atoms with Gasteiger partial charge in [0.05, 0.1) is 16.6 Å². The van der Waals surface area contributed by atoms with E-state index >= 15 is 0 Å². The second kappa shape index (κ2) is 9.77. The fourth-order valence-electron chi connectivity index (χ4n) is 5.96. The Morgan fingerprint density at radius 3 is 2.37 bits per heavy atom. The summed E-state index contributed by atoms with van der Waals surface area (Å²) in [6, 6.07) is 11.4. The van der Waals surface area contributed by atoms with E-state index in [1.165, 1.54) is 16.4 Å². The normalized spacial score (nSPS) is 18.6. The number of hydrogen-bond donors (Lipinski definition) is 1. The molecule has 1 saturated heterocycles. The van der Waals surface area contributed by atoms with E-state index in [2.05, 4.69) is 9.69 Å². The molecule has 11 heteroatoms. The molecule has 1 aromatic heterocycles. The van der Waals surface area contributed by atoms with Crippen molar-refractivity contribution >= 4 is 44.7 Å². The first kappa shape index (κ1) is 26.3. The molecule has 2 amide bonds. The highest BCUT2D eigenvalue weighted by molar-refractivity contribution is 7.92. The lowest BCUT2D eigenvalue weighted by atomic mass is 9.66. The van der Waals surface area contributed by atoms with Gasteiger partial charge in [0.1, 0.15) is 10.7 Å². The molecular weight excluding hydrogens is 527 g/mol. The average molecular weight is 557 g/mol. The highest BCUT2D eigenvalue weighted by Crippen LogP contribution is 2.55. The van der Waals surface area contributed by atoms with E-state index in [0.29, 0.717) is 42.2 Å². The molecule has 2 aromatic carbocycles. The highest BCUT2D eigenvalue weighted by Gasteiger charge is 2.56. The van der Waals surface area contributed by atoms with Crippen molar-refractivity contribution in [2.75, 3.05) is 22.7 Å². The first-order chi connectivity index (χ1) is 18.0. The third-order valence-electron chi connectivity index (χ3n) is 7.61. The summed E-state index contributed by atoms with van der Waals surface area (Å²) in [5, 5.41) is 2.92. The molecule has 0 saturated carbocycles. The van der Waals surface area contributed by atoms with Crippen LogP contribution in [-0.4, -0.2) is 48.6 Å². The highest BCUT2D eigenvalue weighted by atomic mass is 32.2. The SMILES string of the molecule is CC(=O)N1CCC2(CC1)c1cc(NC(=O)c3ccns3)ccc1N(S(=O)(=O)c1ccc(F)cc1)C2C(C)C. The number of aromatic nitrogens is 1. The first-order valence-corrected chi connectivity index (χ1v) is 14.7. The standard InChI is InChI=1S/C27H29FN4O4S2/c1-17(2)25-27(11-14-31(15-12-27)18(3)33)22-16-20(30-26(34)24-10-13-29-37-24)6-9-23(22)32(25)38(35,36)21-7-4-19(28)5-8-21/h4-10,13,16-17,25H,11-12,14-15H2,1-3H3,(H,30,34). The van der Waals surface area contributed by atoms with Gasteiger partial charge in [-0.3, -0.25) is 13.9 Å². The number of halogens is 1. The number of hydrogen-bond acceptors (Lipinski definition) is 6. The van der Waals surface area contributed by atoms with Crippen LogP contribution in [0.5, 0.6) is 0 Å². The van der Waals surface area contributed by atoms with Crippen LogP contribution in [0.4, 0.5) is 15.8 Å². The lowest BCUT2D eigenvalue weighted by molar-refractivity contribution is -0.130. The van der Waals surface area contributed by atoms with Gasteiger partial charge in [0.25, 0.3) is 15.9 Å². The Morgan fingerprint density at radius 2 is 1.79 bits per heavy atom. The van der Waals surface area contributed by atoms with Crippen LogP contribution >= 0.6 is 11.5 Å². The Kier molecular flexibility index (Phi) is 6.77. The summed E-state index contributed by atoms with van der Waals surface area (Å²) in [7, 11) is -4.05. The second-order valence-electron chi connectivity index (χ2n) is 10.2. The molecule has 1 atom stereocenters. The molecule has 1 unspecified atom stereocenters. The summed E-state index contributed by atoms with van der Waals surface area (Å²) in [4.78, 5) is 27.1. The Morgan fingerprint density at radius 1 is 1.11 bits per heavy atom. The average Bonchev–Trinajstić information content (AvgIpc) is 3.51. The van der Waals surface area contributed by atoms with Crippen molar-refractivity contribution in [1.29, 1.82) is 0 Å². The number of carbonyl (C=O) groups is 2. The van der Waals surface area contributed by atoms with E-state index in [1.807, 2.05) is 19.9 Å². The van der Waals surface area contributed by atoms with Gasteiger partial charge in [0.2, 0.25) is 5.91 Å². The predicted octanol–water partition coefficient (Wildman–Crippen LogP) is 4.65. The van der Waals surface area contributed by atoms with Crippen molar-refractivity contribution in [1.82, 2.24) is 9.27 Å². The topological polar surface area (TPSA) is 99.7 Å². The zero-order valence-corrected chi connectivity index (χ0v) is 23.0. The molecule has 1 N–H and O–H groups in total. The molecule has 2 aliphatic rings. The molecule has 38 heavy (non-hydrogen) atoms. The predicted molar refractivity (Wildman–Crippen MR) is 144 cm³/mol. The number of sulfonamides is 1. The number of carbonyl (C=O) groups excluding carboxylic acids is 2. The van der Waals surface area contributed by atoms with E-state index in [-0.39, 0.29) is 22.6 Å². The van der Waals surface area contributed by atoms with Gasteiger partial charge in [-0.2, -0.15) is 0 Å². The van der Waals surface area contributed by atoms with E-state index in [9.17, 15) is 22.4 Å². The molecule has 8 nitrogen and oxygen atoms in total. The number of benzene rings is 2. The molecule has 2 aliphatic heterocycles. The summed E-state index contributed by atoms with van der Waals surface area (Å²) in [6.07, 6.45) is 2.71. The fourth-order valence-corrected chi connectivity index (χ4v) is 8.32. The Bertz CT molecular complexity index is 1470. The van der Waals surface area contributed by atoms with Crippen LogP contribution in [0, 0.1) is 11.7 Å². The minimum Gasteiger partial charge on any atom is -0.343 e. The van der Waals surface area contributed by atoms with Gasteiger partial charge in [-0.15, -0.1) is 0 Å². The van der Waals surface area contributed by atoms with Gasteiger partial charge in [0.15, 0.2) is 0 Å². The van der Waals surface area contributed by atoms with Crippen molar-refractivity contribution in [3.8, 4) is 0 Å². The van der Waals surface area contributed by atoms with E-state index in [1.54, 1.807) is 36.2 Å². The zero-order chi connectivity index (χ0) is 27.2. The summed E-state index contributed by atoms with van der Waals surface area (Å²) >= 11 is 1.09. The molecule has 200 valence electrons. The van der Waals surface area contributed by atoms with Gasteiger partial charge in [0, 0.05) is 37.3 Å². The summed E-state index contributed by atoms with van der Waals surface area (Å²) in [5.74, 6) is -0.889. The Labute approximate surface area is 225 Å².